The van der Waals surface area contributed by atoms with E-state index >= 15 is 0 Å². The maximum Gasteiger partial charge on any atom is 0.282 e. The van der Waals surface area contributed by atoms with E-state index in [0.29, 0.717) is 0 Å². The van der Waals surface area contributed by atoms with Crippen molar-refractivity contribution >= 4 is 42.5 Å². The number of hydrogen-bond acceptors (Lipinski definition) is 1. The van der Waals surface area contributed by atoms with Crippen LogP contribution in [-0.4, -0.2) is 15.8 Å². The van der Waals surface area contributed by atoms with Gasteiger partial charge in [0.05, 0.1) is 6.10 Å². The number of rotatable bonds is 8. The molecule has 0 aliphatic rings. The van der Waals surface area contributed by atoms with Gasteiger partial charge in [0.1, 0.15) is 0 Å². The first kappa shape index (κ1) is 28.9. The predicted octanol–water partition coefficient (Wildman–Crippen LogP) is 5.94. The summed E-state index contributed by atoms with van der Waals surface area (Å²) >= 11 is 0. The molecule has 0 amide bonds. The Morgan fingerprint density at radius 2 is 1.00 bits per heavy atom. The molecule has 1 nitrogen and oxygen atoms in total. The zero-order chi connectivity index (χ0) is 29.1. The first-order valence-corrected chi connectivity index (χ1v) is 16.0. The van der Waals surface area contributed by atoms with Gasteiger partial charge in [0, 0.05) is 0 Å². The lowest BCUT2D eigenvalue weighted by Gasteiger charge is -2.29. The number of benzene rings is 5. The molecule has 5 rings (SSSR count). The molecule has 41 heavy (non-hydrogen) atoms. The van der Waals surface area contributed by atoms with Crippen molar-refractivity contribution in [1.29, 1.82) is 0 Å². The van der Waals surface area contributed by atoms with Gasteiger partial charge >= 0.3 is 0 Å². The molecule has 0 aliphatic heterocycles. The van der Waals surface area contributed by atoms with Crippen molar-refractivity contribution in [2.24, 2.45) is 0 Å². The van der Waals surface area contributed by atoms with Crippen LogP contribution in [0.15, 0.2) is 109 Å². The zero-order valence-corrected chi connectivity index (χ0v) is 26.5. The molecule has 0 heterocycles. The quantitative estimate of drug-likeness (QED) is 0.217. The Kier molecular flexibility index (Phi) is 8.77. The predicted molar refractivity (Wildman–Crippen MR) is 180 cm³/mol. The highest BCUT2D eigenvalue weighted by molar-refractivity contribution is 7.00. The summed E-state index contributed by atoms with van der Waals surface area (Å²) in [6.45, 7) is 15.8. The van der Waals surface area contributed by atoms with Crippen LogP contribution < -0.4 is 26.8 Å². The first-order valence-electron chi connectivity index (χ1n) is 14.6. The van der Waals surface area contributed by atoms with Crippen LogP contribution in [0.1, 0.15) is 52.0 Å². The molecule has 5 aromatic rings. The molecule has 1 radical (unpaired) electrons. The second-order valence-electron chi connectivity index (χ2n) is 11.5. The fourth-order valence-corrected chi connectivity index (χ4v) is 8.85. The summed E-state index contributed by atoms with van der Waals surface area (Å²) in [4.78, 5) is 0. The third-order valence-electron chi connectivity index (χ3n) is 8.17. The normalized spacial score (nSPS) is 12.0. The van der Waals surface area contributed by atoms with Gasteiger partial charge in [0.2, 0.25) is 6.71 Å². The van der Waals surface area contributed by atoms with Gasteiger partial charge in [0.15, 0.2) is 0 Å². The minimum Gasteiger partial charge on any atom is -0.400 e. The molecular formula is C38H40BOSi. The van der Waals surface area contributed by atoms with Gasteiger partial charge < -0.3 is 4.43 Å². The van der Waals surface area contributed by atoms with Gasteiger partial charge in [-0.2, -0.15) is 0 Å². The highest BCUT2D eigenvalue weighted by Crippen LogP contribution is 2.18. The molecule has 205 valence electrons. The summed E-state index contributed by atoms with van der Waals surface area (Å²) in [5.41, 5.74) is 13.3. The lowest BCUT2D eigenvalue weighted by molar-refractivity contribution is 0.237. The highest BCUT2D eigenvalue weighted by atomic mass is 28.3. The standard InChI is InChI=1S/C38H40BOSi/c1-26-22-28(3)37(29(4)23-26)39(38-30(5)24-27(2)25-31(38)6)35-20-14-15-21-36(35)41(34-18-12-9-13-19-34)40-32(7)33-16-10-8-11-17-33/h8-25,32H,1-7H3. The van der Waals surface area contributed by atoms with Gasteiger partial charge in [-0.1, -0.05) is 159 Å². The molecule has 0 fully saturated rings. The minimum atomic E-state index is -1.60. The van der Waals surface area contributed by atoms with Crippen molar-refractivity contribution in [2.45, 2.75) is 54.6 Å². The van der Waals surface area contributed by atoms with E-state index in [2.05, 4.69) is 158 Å². The topological polar surface area (TPSA) is 9.23 Å². The Balaban J connectivity index is 1.76. The SMILES string of the molecule is Cc1cc(C)c(B(c2ccccc2[Si](OC(C)c2ccccc2)c2ccccc2)c2c(C)cc(C)cc2C)c(C)c1. The molecular weight excluding hydrogens is 511 g/mol. The molecule has 0 spiro atoms. The summed E-state index contributed by atoms with van der Waals surface area (Å²) in [6.07, 6.45) is -0.0255. The van der Waals surface area contributed by atoms with Crippen LogP contribution in [0.3, 0.4) is 0 Å². The van der Waals surface area contributed by atoms with Gasteiger partial charge in [0.25, 0.3) is 9.04 Å². The van der Waals surface area contributed by atoms with E-state index in [1.54, 1.807) is 0 Å². The molecule has 1 unspecified atom stereocenters. The Morgan fingerprint density at radius 3 is 1.51 bits per heavy atom. The maximum atomic E-state index is 7.13. The van der Waals surface area contributed by atoms with E-state index in [-0.39, 0.29) is 12.8 Å². The van der Waals surface area contributed by atoms with Crippen molar-refractivity contribution < 1.29 is 4.43 Å². The van der Waals surface area contributed by atoms with Crippen molar-refractivity contribution in [1.82, 2.24) is 0 Å². The molecule has 0 saturated carbocycles. The summed E-state index contributed by atoms with van der Waals surface area (Å²) < 4.78 is 7.13. The van der Waals surface area contributed by atoms with Crippen LogP contribution in [0.4, 0.5) is 0 Å². The van der Waals surface area contributed by atoms with E-state index in [1.165, 1.54) is 65.7 Å². The fraction of sp³-hybridized carbons (Fsp3) is 0.211. The van der Waals surface area contributed by atoms with Gasteiger partial charge in [-0.25, -0.2) is 0 Å². The summed E-state index contributed by atoms with van der Waals surface area (Å²) in [7, 11) is -1.60. The highest BCUT2D eigenvalue weighted by Gasteiger charge is 2.34. The Labute approximate surface area is 249 Å². The fourth-order valence-electron chi connectivity index (χ4n) is 6.55. The smallest absolute Gasteiger partial charge is 0.282 e. The molecule has 1 atom stereocenters. The van der Waals surface area contributed by atoms with Crippen molar-refractivity contribution in [3.8, 4) is 0 Å². The van der Waals surface area contributed by atoms with Crippen LogP contribution in [0.2, 0.25) is 0 Å². The molecule has 3 heteroatoms. The lowest BCUT2D eigenvalue weighted by Crippen LogP contribution is -2.64. The number of aryl methyl sites for hydroxylation is 6. The third kappa shape index (κ3) is 6.17. The first-order chi connectivity index (χ1) is 19.7. The maximum absolute atomic E-state index is 7.13. The molecule has 5 aromatic carbocycles. The molecule has 0 aliphatic carbocycles. The van der Waals surface area contributed by atoms with Crippen LogP contribution in [0, 0.1) is 41.5 Å². The Morgan fingerprint density at radius 1 is 0.561 bits per heavy atom. The minimum absolute atomic E-state index is 0.0255. The Hall–Kier alpha value is -3.66. The summed E-state index contributed by atoms with van der Waals surface area (Å²) in [6, 6.07) is 39.9. The van der Waals surface area contributed by atoms with Crippen molar-refractivity contribution in [3.05, 3.63) is 148 Å². The van der Waals surface area contributed by atoms with Crippen molar-refractivity contribution in [3.63, 3.8) is 0 Å². The van der Waals surface area contributed by atoms with E-state index in [4.69, 9.17) is 4.43 Å². The van der Waals surface area contributed by atoms with Gasteiger partial charge in [-0.05, 0) is 64.4 Å². The van der Waals surface area contributed by atoms with Gasteiger partial charge in [-0.3, -0.25) is 0 Å². The van der Waals surface area contributed by atoms with E-state index in [9.17, 15) is 0 Å². The van der Waals surface area contributed by atoms with E-state index in [1.807, 2.05) is 0 Å². The second-order valence-corrected chi connectivity index (χ2v) is 13.5. The average molecular weight is 552 g/mol. The van der Waals surface area contributed by atoms with Crippen LogP contribution in [0.5, 0.6) is 0 Å². The van der Waals surface area contributed by atoms with Gasteiger partial charge in [-0.15, -0.1) is 0 Å². The van der Waals surface area contributed by atoms with Crippen LogP contribution in [-0.2, 0) is 4.43 Å². The third-order valence-corrected chi connectivity index (χ3v) is 10.6. The molecule has 0 N–H and O–H groups in total. The largest absolute Gasteiger partial charge is 0.400 e. The summed E-state index contributed by atoms with van der Waals surface area (Å²) in [5.74, 6) is 0. The zero-order valence-electron chi connectivity index (χ0n) is 25.5. The molecule has 0 bridgehead atoms. The average Bonchev–Trinajstić information content (AvgIpc) is 2.95. The van der Waals surface area contributed by atoms with Crippen molar-refractivity contribution in [2.75, 3.05) is 0 Å². The Bertz CT molecular complexity index is 1540. The summed E-state index contributed by atoms with van der Waals surface area (Å²) in [5, 5.41) is 2.58. The van der Waals surface area contributed by atoms with E-state index < -0.39 is 9.04 Å². The number of hydrogen-bond donors (Lipinski definition) is 0. The molecule has 0 saturated heterocycles. The van der Waals surface area contributed by atoms with Crippen LogP contribution in [0.25, 0.3) is 0 Å². The van der Waals surface area contributed by atoms with Crippen LogP contribution >= 0.6 is 0 Å². The monoisotopic (exact) mass is 551 g/mol. The lowest BCUT2D eigenvalue weighted by atomic mass is 9.34. The molecule has 0 aromatic heterocycles. The second kappa shape index (κ2) is 12.5. The van der Waals surface area contributed by atoms with E-state index in [0.717, 1.165) is 0 Å².